The molecule has 1 aliphatic heterocycles. The van der Waals surface area contributed by atoms with E-state index in [4.69, 9.17) is 1.37 Å². The molecule has 1 fully saturated rings. The predicted octanol–water partition coefficient (Wildman–Crippen LogP) is 3.03. The van der Waals surface area contributed by atoms with E-state index in [2.05, 4.69) is 37.2 Å². The zero-order valence-corrected chi connectivity index (χ0v) is 18.1. The van der Waals surface area contributed by atoms with Crippen molar-refractivity contribution in [2.75, 3.05) is 43.4 Å². The largest absolute Gasteiger partial charge is 0.354 e. The summed E-state index contributed by atoms with van der Waals surface area (Å²) >= 11 is 0. The molecule has 1 saturated heterocycles. The summed E-state index contributed by atoms with van der Waals surface area (Å²) in [7, 11) is 3.98. The van der Waals surface area contributed by atoms with E-state index < -0.39 is 0 Å². The number of hydrogen-bond acceptors (Lipinski definition) is 6. The highest BCUT2D eigenvalue weighted by Gasteiger charge is 2.17. The van der Waals surface area contributed by atoms with Crippen LogP contribution in [0.25, 0.3) is 21.9 Å². The first-order valence-electron chi connectivity index (χ1n) is 11.1. The van der Waals surface area contributed by atoms with Crippen molar-refractivity contribution in [2.24, 2.45) is 7.05 Å². The van der Waals surface area contributed by atoms with E-state index in [0.29, 0.717) is 11.4 Å². The molecule has 162 valence electrons. The molecule has 0 bridgehead atoms. The van der Waals surface area contributed by atoms with Crippen LogP contribution in [-0.4, -0.2) is 63.8 Å². The molecule has 0 unspecified atom stereocenters. The Morgan fingerprint density at radius 3 is 2.62 bits per heavy atom. The Balaban J connectivity index is 1.39. The van der Waals surface area contributed by atoms with Gasteiger partial charge in [-0.2, -0.15) is 5.10 Å². The second-order valence-electron chi connectivity index (χ2n) is 8.11. The van der Waals surface area contributed by atoms with Gasteiger partial charge in [0.05, 0.1) is 7.57 Å². The van der Waals surface area contributed by atoms with Crippen molar-refractivity contribution in [3.05, 3.63) is 66.7 Å². The highest BCUT2D eigenvalue weighted by Crippen LogP contribution is 2.25. The lowest BCUT2D eigenvalue weighted by atomic mass is 10.1. The van der Waals surface area contributed by atoms with E-state index in [0.717, 1.165) is 53.9 Å². The Labute approximate surface area is 187 Å². The molecule has 4 aromatic rings. The number of aromatic nitrogens is 4. The molecule has 1 aromatic carbocycles. The van der Waals surface area contributed by atoms with Crippen LogP contribution in [-0.2, 0) is 7.05 Å². The van der Waals surface area contributed by atoms with Crippen molar-refractivity contribution in [1.29, 1.82) is 0 Å². The van der Waals surface area contributed by atoms with Crippen molar-refractivity contribution >= 4 is 28.3 Å². The quantitative estimate of drug-likeness (QED) is 0.538. The Morgan fingerprint density at radius 1 is 1.00 bits per heavy atom. The van der Waals surface area contributed by atoms with E-state index in [1.807, 2.05) is 37.5 Å². The maximum Gasteiger partial charge on any atom is 0.257 e. The number of nitrogens with one attached hydrogen (secondary N) is 1. The molecular formula is C24H25N7O. The van der Waals surface area contributed by atoms with E-state index in [1.54, 1.807) is 29.2 Å². The first-order chi connectivity index (χ1) is 16.0. The summed E-state index contributed by atoms with van der Waals surface area (Å²) in [6.07, 6.45) is 5.52. The van der Waals surface area contributed by atoms with E-state index in [-0.39, 0.29) is 12.1 Å². The second-order valence-corrected chi connectivity index (χ2v) is 8.11. The number of fused-ring (bicyclic) bond motifs is 1. The van der Waals surface area contributed by atoms with Crippen LogP contribution in [0.15, 0.2) is 61.2 Å². The van der Waals surface area contributed by atoms with Crippen molar-refractivity contribution in [3.8, 4) is 11.1 Å². The molecule has 1 N–H and O–H groups in total. The molecule has 32 heavy (non-hydrogen) atoms. The number of likely N-dealkylation sites (N-methyl/N-ethyl adjacent to an activating group) is 1. The van der Waals surface area contributed by atoms with E-state index in [9.17, 15) is 4.79 Å². The van der Waals surface area contributed by atoms with Crippen LogP contribution < -0.4 is 10.2 Å². The van der Waals surface area contributed by atoms with Gasteiger partial charge in [0.2, 0.25) is 0 Å². The summed E-state index contributed by atoms with van der Waals surface area (Å²) in [6, 6.07) is 11.1. The maximum atomic E-state index is 13.0. The fourth-order valence-electron chi connectivity index (χ4n) is 3.85. The van der Waals surface area contributed by atoms with Crippen LogP contribution in [0.4, 0.5) is 11.6 Å². The highest BCUT2D eigenvalue weighted by molar-refractivity contribution is 6.05. The summed E-state index contributed by atoms with van der Waals surface area (Å²) in [5.41, 5.74) is 2.49. The van der Waals surface area contributed by atoms with Gasteiger partial charge in [0, 0.05) is 68.3 Å². The fraction of sp³-hybridized carbons (Fsp3) is 0.250. The second kappa shape index (κ2) is 8.39. The van der Waals surface area contributed by atoms with Crippen molar-refractivity contribution in [3.63, 3.8) is 0 Å². The van der Waals surface area contributed by atoms with Gasteiger partial charge in [0.1, 0.15) is 11.6 Å². The number of anilines is 2. The van der Waals surface area contributed by atoms with Crippen LogP contribution >= 0.6 is 0 Å². The molecule has 8 nitrogen and oxygen atoms in total. The first kappa shape index (κ1) is 18.9. The number of aryl methyl sites for hydroxylation is 1. The zero-order valence-electron chi connectivity index (χ0n) is 19.1. The van der Waals surface area contributed by atoms with E-state index in [1.165, 1.54) is 0 Å². The number of rotatable bonds is 4. The Hall–Kier alpha value is -3.78. The van der Waals surface area contributed by atoms with Gasteiger partial charge in [0.15, 0.2) is 0 Å². The lowest BCUT2D eigenvalue weighted by molar-refractivity contribution is 0.102. The van der Waals surface area contributed by atoms with Crippen LogP contribution in [0, 0.1) is 0 Å². The normalized spacial score (nSPS) is 15.1. The predicted molar refractivity (Wildman–Crippen MR) is 126 cm³/mol. The van der Waals surface area contributed by atoms with Gasteiger partial charge in [-0.05, 0) is 42.3 Å². The van der Waals surface area contributed by atoms with Crippen LogP contribution in [0.1, 0.15) is 11.7 Å². The van der Waals surface area contributed by atoms with Crippen LogP contribution in [0.3, 0.4) is 0 Å². The molecule has 5 rings (SSSR count). The number of carbonyl (C=O) groups is 1. The molecule has 0 radical (unpaired) electrons. The molecule has 3 aromatic heterocycles. The van der Waals surface area contributed by atoms with Gasteiger partial charge in [-0.25, -0.2) is 9.97 Å². The lowest BCUT2D eigenvalue weighted by Crippen LogP contribution is -2.44. The number of amides is 1. The molecule has 8 heteroatoms. The smallest absolute Gasteiger partial charge is 0.257 e. The minimum Gasteiger partial charge on any atom is -0.354 e. The molecule has 0 aliphatic carbocycles. The third-order valence-corrected chi connectivity index (χ3v) is 5.76. The number of hydrogen-bond donors (Lipinski definition) is 1. The SMILES string of the molecule is [2H]c1nc(NC(=O)c2ccnc(N3CCN(C)CC3)c2)cc2cc(-c3cnn(C)c3)ccc12. The zero-order chi connectivity index (χ0) is 22.9. The molecule has 1 amide bonds. The van der Waals surface area contributed by atoms with Gasteiger partial charge >= 0.3 is 0 Å². The third-order valence-electron chi connectivity index (χ3n) is 5.76. The minimum atomic E-state index is -0.276. The minimum absolute atomic E-state index is 0.119. The number of nitrogens with zero attached hydrogens (tertiary/aromatic N) is 6. The number of benzene rings is 1. The van der Waals surface area contributed by atoms with Gasteiger partial charge in [-0.3, -0.25) is 9.48 Å². The molecular weight excluding hydrogens is 402 g/mol. The number of piperazine rings is 1. The van der Waals surface area contributed by atoms with Crippen LogP contribution in [0.2, 0.25) is 0 Å². The molecule has 0 saturated carbocycles. The monoisotopic (exact) mass is 428 g/mol. The molecule has 0 atom stereocenters. The highest BCUT2D eigenvalue weighted by atomic mass is 16.1. The molecule has 4 heterocycles. The summed E-state index contributed by atoms with van der Waals surface area (Å²) in [5, 5.41) is 8.63. The van der Waals surface area contributed by atoms with Crippen molar-refractivity contribution < 1.29 is 6.17 Å². The third kappa shape index (κ3) is 4.17. The van der Waals surface area contributed by atoms with Gasteiger partial charge in [-0.1, -0.05) is 12.1 Å². The van der Waals surface area contributed by atoms with E-state index >= 15 is 0 Å². The molecule has 1 aliphatic rings. The summed E-state index contributed by atoms with van der Waals surface area (Å²) < 4.78 is 10.1. The summed E-state index contributed by atoms with van der Waals surface area (Å²) in [4.78, 5) is 26.2. The lowest BCUT2D eigenvalue weighted by Gasteiger charge is -2.33. The summed E-state index contributed by atoms with van der Waals surface area (Å²) in [5.74, 6) is 0.866. The summed E-state index contributed by atoms with van der Waals surface area (Å²) in [6.45, 7) is 3.68. The van der Waals surface area contributed by atoms with Crippen molar-refractivity contribution in [1.82, 2.24) is 24.6 Å². The number of carbonyl (C=O) groups excluding carboxylic acids is 1. The topological polar surface area (TPSA) is 79.2 Å². The first-order valence-corrected chi connectivity index (χ1v) is 10.6. The Kier molecular flexibility index (Phi) is 4.97. The van der Waals surface area contributed by atoms with Crippen LogP contribution in [0.5, 0.6) is 0 Å². The Morgan fingerprint density at radius 2 is 1.84 bits per heavy atom. The fourth-order valence-corrected chi connectivity index (χ4v) is 3.85. The number of pyridine rings is 2. The average Bonchev–Trinajstić information content (AvgIpc) is 3.25. The standard InChI is InChI=1S/C24H25N7O/c1-29-7-9-31(10-8-29)23-13-18(5-6-25-23)24(32)28-22-12-20-11-17(3-4-19(20)14-26-22)21-15-27-30(2)16-21/h3-6,11-16H,7-10H2,1-2H3,(H,26,28,32)/i14D. The van der Waals surface area contributed by atoms with Crippen molar-refractivity contribution in [2.45, 2.75) is 0 Å². The van der Waals surface area contributed by atoms with Gasteiger partial charge in [-0.15, -0.1) is 0 Å². The average molecular weight is 429 g/mol. The Bertz CT molecular complexity index is 1330. The molecule has 0 spiro atoms. The van der Waals surface area contributed by atoms with Gasteiger partial charge in [0.25, 0.3) is 5.91 Å². The maximum absolute atomic E-state index is 13.0. The van der Waals surface area contributed by atoms with Gasteiger partial charge < -0.3 is 15.1 Å².